The summed E-state index contributed by atoms with van der Waals surface area (Å²) in [5.74, 6) is -0.203. The highest BCUT2D eigenvalue weighted by molar-refractivity contribution is 7.90. The van der Waals surface area contributed by atoms with Crippen LogP contribution in [0.2, 0.25) is 0 Å². The summed E-state index contributed by atoms with van der Waals surface area (Å²) < 4.78 is 28.0. The maximum absolute atomic E-state index is 12.2. The molecule has 1 aromatic carbocycles. The number of halogens is 1. The van der Waals surface area contributed by atoms with Crippen LogP contribution in [0.25, 0.3) is 0 Å². The summed E-state index contributed by atoms with van der Waals surface area (Å²) >= 11 is 6.01. The van der Waals surface area contributed by atoms with Gasteiger partial charge in [-0.05, 0) is 37.6 Å². The van der Waals surface area contributed by atoms with E-state index in [1.165, 1.54) is 18.2 Å². The van der Waals surface area contributed by atoms with Crippen LogP contribution < -0.4 is 0 Å². The lowest BCUT2D eigenvalue weighted by Gasteiger charge is -2.12. The van der Waals surface area contributed by atoms with E-state index in [4.69, 9.17) is 11.6 Å². The molecule has 0 amide bonds. The van der Waals surface area contributed by atoms with Crippen LogP contribution in [-0.4, -0.2) is 19.9 Å². The van der Waals surface area contributed by atoms with E-state index >= 15 is 0 Å². The van der Waals surface area contributed by atoms with Crippen molar-refractivity contribution in [2.75, 3.05) is 0 Å². The largest absolute Gasteiger partial charge is 0.289 e. The van der Waals surface area contributed by atoms with Gasteiger partial charge in [0.15, 0.2) is 5.78 Å². The maximum Gasteiger partial charge on any atom is 0.282 e. The minimum Gasteiger partial charge on any atom is -0.289 e. The van der Waals surface area contributed by atoms with E-state index in [-0.39, 0.29) is 21.4 Å². The number of ketones is 1. The molecule has 0 aromatic heterocycles. The predicted octanol–water partition coefficient (Wildman–Crippen LogP) is 2.86. The summed E-state index contributed by atoms with van der Waals surface area (Å²) in [6, 6.07) is 7.85. The molecule has 0 heterocycles. The van der Waals surface area contributed by atoms with Gasteiger partial charge in [0.25, 0.3) is 10.0 Å². The molecule has 0 unspecified atom stereocenters. The van der Waals surface area contributed by atoms with E-state index in [0.717, 1.165) is 0 Å². The summed E-state index contributed by atoms with van der Waals surface area (Å²) in [6.07, 6.45) is 1.39. The molecule has 0 N–H and O–H groups in total. The van der Waals surface area contributed by atoms with Crippen LogP contribution in [-0.2, 0) is 14.8 Å². The zero-order valence-electron chi connectivity index (χ0n) is 10.9. The predicted molar refractivity (Wildman–Crippen MR) is 78.4 cm³/mol. The van der Waals surface area contributed by atoms with Crippen LogP contribution in [0, 0.1) is 0 Å². The Morgan fingerprint density at radius 2 is 1.70 bits per heavy atom. The average molecular weight is 310 g/mol. The second kappa shape index (κ2) is 5.34. The molecule has 4 nitrogen and oxygen atoms in total. The van der Waals surface area contributed by atoms with Crippen molar-refractivity contribution < 1.29 is 13.2 Å². The number of nitrogens with zero attached hydrogens (tertiary/aromatic N) is 1. The van der Waals surface area contributed by atoms with Crippen molar-refractivity contribution in [3.8, 4) is 0 Å². The van der Waals surface area contributed by atoms with Crippen LogP contribution in [0.3, 0.4) is 0 Å². The number of carbonyl (C=O) groups excluding carboxylic acids is 1. The third-order valence-corrected chi connectivity index (χ3v) is 4.65. The third kappa shape index (κ3) is 2.73. The summed E-state index contributed by atoms with van der Waals surface area (Å²) in [6.45, 7) is 3.14. The number of hydrogen-bond acceptors (Lipinski definition) is 3. The number of benzene rings is 1. The summed E-state index contributed by atoms with van der Waals surface area (Å²) in [5.41, 5.74) is 0.799. The van der Waals surface area contributed by atoms with E-state index < -0.39 is 10.0 Å². The van der Waals surface area contributed by atoms with E-state index in [9.17, 15) is 13.2 Å². The van der Waals surface area contributed by atoms with E-state index in [1.807, 2.05) is 0 Å². The average Bonchev–Trinajstić information content (AvgIpc) is 2.43. The molecule has 0 aliphatic heterocycles. The van der Waals surface area contributed by atoms with Gasteiger partial charge in [0.05, 0.1) is 15.6 Å². The Kier molecular flexibility index (Phi) is 3.92. The quantitative estimate of drug-likeness (QED) is 0.789. The number of rotatable bonds is 2. The Morgan fingerprint density at radius 3 is 2.30 bits per heavy atom. The Hall–Kier alpha value is -1.72. The van der Waals surface area contributed by atoms with E-state index in [1.54, 1.807) is 32.0 Å². The third-order valence-electron chi connectivity index (χ3n) is 2.87. The number of Topliss-reactive ketones (excluding diaryl/α,β-unsaturated/α-hetero) is 1. The van der Waals surface area contributed by atoms with E-state index in [2.05, 4.69) is 4.40 Å². The molecule has 20 heavy (non-hydrogen) atoms. The van der Waals surface area contributed by atoms with Gasteiger partial charge in [-0.3, -0.25) is 4.79 Å². The lowest BCUT2D eigenvalue weighted by Crippen LogP contribution is -2.15. The molecule has 2 rings (SSSR count). The summed E-state index contributed by atoms with van der Waals surface area (Å²) in [7, 11) is -3.84. The van der Waals surface area contributed by atoms with Gasteiger partial charge < -0.3 is 0 Å². The first-order valence-corrected chi connectivity index (χ1v) is 7.64. The minimum absolute atomic E-state index is 0.0695. The first kappa shape index (κ1) is 14.7. The molecule has 0 saturated carbocycles. The lowest BCUT2D eigenvalue weighted by atomic mass is 9.98. The molecular weight excluding hydrogens is 298 g/mol. The molecule has 6 heteroatoms. The van der Waals surface area contributed by atoms with Gasteiger partial charge in [0.2, 0.25) is 0 Å². The summed E-state index contributed by atoms with van der Waals surface area (Å²) in [4.78, 5) is 11.8. The molecule has 0 radical (unpaired) electrons. The molecule has 104 valence electrons. The fourth-order valence-electron chi connectivity index (χ4n) is 1.76. The van der Waals surface area contributed by atoms with Crippen LogP contribution in [0.1, 0.15) is 13.8 Å². The molecule has 1 aromatic rings. The molecule has 0 fully saturated rings. The van der Waals surface area contributed by atoms with Crippen molar-refractivity contribution in [3.63, 3.8) is 0 Å². The van der Waals surface area contributed by atoms with Crippen molar-refractivity contribution in [2.45, 2.75) is 18.7 Å². The van der Waals surface area contributed by atoms with Crippen molar-refractivity contribution in [2.24, 2.45) is 4.40 Å². The smallest absolute Gasteiger partial charge is 0.282 e. The molecule has 0 bridgehead atoms. The number of hydrogen-bond donors (Lipinski definition) is 0. The Balaban J connectivity index is 2.54. The Bertz CT molecular complexity index is 759. The fourth-order valence-corrected chi connectivity index (χ4v) is 3.00. The van der Waals surface area contributed by atoms with Crippen molar-refractivity contribution in [1.29, 1.82) is 0 Å². The highest BCUT2D eigenvalue weighted by Crippen LogP contribution is 2.24. The number of sulfonamides is 1. The first-order valence-electron chi connectivity index (χ1n) is 5.82. The molecule has 1 aliphatic rings. The van der Waals surface area contributed by atoms with Gasteiger partial charge in [-0.25, -0.2) is 0 Å². The Labute approximate surface area is 122 Å². The van der Waals surface area contributed by atoms with Crippen LogP contribution in [0.4, 0.5) is 0 Å². The second-order valence-corrected chi connectivity index (χ2v) is 6.34. The fraction of sp³-hybridized carbons (Fsp3) is 0.143. The van der Waals surface area contributed by atoms with Gasteiger partial charge >= 0.3 is 0 Å². The van der Waals surface area contributed by atoms with Crippen LogP contribution >= 0.6 is 11.6 Å². The molecule has 1 aliphatic carbocycles. The normalized spacial score (nSPS) is 18.4. The van der Waals surface area contributed by atoms with E-state index in [0.29, 0.717) is 11.1 Å². The SMILES string of the molecule is CC1=C/C(=N\S(=O)(=O)c2ccccc2)C(Cl)=C(C)C1=O. The highest BCUT2D eigenvalue weighted by Gasteiger charge is 2.23. The zero-order valence-corrected chi connectivity index (χ0v) is 12.5. The van der Waals surface area contributed by atoms with Gasteiger partial charge in [-0.1, -0.05) is 29.8 Å². The second-order valence-electron chi connectivity index (χ2n) is 4.36. The van der Waals surface area contributed by atoms with Gasteiger partial charge in [0, 0.05) is 5.57 Å². The highest BCUT2D eigenvalue weighted by atomic mass is 35.5. The lowest BCUT2D eigenvalue weighted by molar-refractivity contribution is -0.112. The molecule has 0 atom stereocenters. The standard InChI is InChI=1S/C14H12ClNO3S/c1-9-8-12(13(15)10(2)14(9)17)16-20(18,19)11-6-4-3-5-7-11/h3-8H,1-2H3/b16-12+. The minimum atomic E-state index is -3.84. The maximum atomic E-state index is 12.2. The Morgan fingerprint density at radius 1 is 1.10 bits per heavy atom. The molecular formula is C14H12ClNO3S. The van der Waals surface area contributed by atoms with Gasteiger partial charge in [-0.2, -0.15) is 12.8 Å². The summed E-state index contributed by atoms with van der Waals surface area (Å²) in [5, 5.41) is 0.0695. The number of carbonyl (C=O) groups is 1. The van der Waals surface area contributed by atoms with Crippen LogP contribution in [0.5, 0.6) is 0 Å². The molecule has 0 saturated heterocycles. The first-order chi connectivity index (χ1) is 9.33. The van der Waals surface area contributed by atoms with Crippen molar-refractivity contribution >= 4 is 33.1 Å². The monoisotopic (exact) mass is 309 g/mol. The molecule has 0 spiro atoms. The number of allylic oxidation sites excluding steroid dienone is 4. The van der Waals surface area contributed by atoms with Crippen molar-refractivity contribution in [1.82, 2.24) is 0 Å². The topological polar surface area (TPSA) is 63.6 Å². The van der Waals surface area contributed by atoms with Crippen LogP contribution in [0.15, 0.2) is 61.9 Å². The zero-order chi connectivity index (χ0) is 14.9. The van der Waals surface area contributed by atoms with Gasteiger partial charge in [-0.15, -0.1) is 0 Å². The van der Waals surface area contributed by atoms with Crippen molar-refractivity contribution in [3.05, 3.63) is 52.6 Å². The van der Waals surface area contributed by atoms with Gasteiger partial charge in [0.1, 0.15) is 0 Å².